The molecule has 226 valence electrons. The van der Waals surface area contributed by atoms with Crippen molar-refractivity contribution in [2.75, 3.05) is 26.3 Å². The number of aromatic nitrogens is 3. The highest BCUT2D eigenvalue weighted by Gasteiger charge is 2.75. The number of hydrogen-bond donors (Lipinski definition) is 1. The molecule has 5 rings (SSSR count). The first-order valence-electron chi connectivity index (χ1n) is 15.0. The lowest BCUT2D eigenvalue weighted by Crippen LogP contribution is -2.56. The predicted molar refractivity (Wildman–Crippen MR) is 155 cm³/mol. The van der Waals surface area contributed by atoms with Gasteiger partial charge in [0.1, 0.15) is 23.8 Å². The molecule has 1 N–H and O–H groups in total. The maximum atomic E-state index is 14.5. The van der Waals surface area contributed by atoms with Gasteiger partial charge < -0.3 is 24.4 Å². The molecule has 2 bridgehead atoms. The molecule has 1 spiro atoms. The minimum absolute atomic E-state index is 0.0628. The molecule has 3 fully saturated rings. The number of rotatable bonds is 16. The van der Waals surface area contributed by atoms with E-state index in [9.17, 15) is 19.5 Å². The molecule has 0 radical (unpaired) electrons. The van der Waals surface area contributed by atoms with Crippen LogP contribution in [0, 0.1) is 11.8 Å². The summed E-state index contributed by atoms with van der Waals surface area (Å²) in [6.07, 6.45) is 8.47. The smallest absolute Gasteiger partial charge is 0.312 e. The van der Waals surface area contributed by atoms with Gasteiger partial charge in [0.25, 0.3) is 0 Å². The van der Waals surface area contributed by atoms with Gasteiger partial charge in [-0.05, 0) is 63.5 Å². The lowest BCUT2D eigenvalue weighted by molar-refractivity contribution is -0.155. The number of unbranched alkanes of at least 4 members (excludes halogenated alkanes) is 4. The Morgan fingerprint density at radius 2 is 2.00 bits per heavy atom. The largest absolute Gasteiger partial charge is 0.465 e. The first-order chi connectivity index (χ1) is 20.5. The van der Waals surface area contributed by atoms with Crippen LogP contribution < -0.4 is 0 Å². The van der Waals surface area contributed by atoms with Crippen molar-refractivity contribution in [1.29, 1.82) is 0 Å². The molecule has 5 atom stereocenters. The van der Waals surface area contributed by atoms with Gasteiger partial charge in [-0.3, -0.25) is 14.4 Å². The molecule has 0 saturated carbocycles. The number of nitrogens with zero attached hydrogens (tertiary/aromatic N) is 5. The summed E-state index contributed by atoms with van der Waals surface area (Å²) in [6, 6.07) is 6.62. The molecular weight excluding hydrogens is 538 g/mol. The fourth-order valence-electron chi connectivity index (χ4n) is 6.90. The van der Waals surface area contributed by atoms with Crippen molar-refractivity contribution >= 4 is 28.8 Å². The Morgan fingerprint density at radius 1 is 1.17 bits per heavy atom. The minimum atomic E-state index is -1.10. The maximum Gasteiger partial charge on any atom is 0.312 e. The third-order valence-electron chi connectivity index (χ3n) is 8.80. The fraction of sp³-hybridized carbons (Fsp3) is 0.581. The zero-order valence-corrected chi connectivity index (χ0v) is 24.1. The predicted octanol–water partition coefficient (Wildman–Crippen LogP) is 2.84. The van der Waals surface area contributed by atoms with Gasteiger partial charge in [-0.25, -0.2) is 4.68 Å². The number of benzene rings is 1. The van der Waals surface area contributed by atoms with Crippen LogP contribution in [0.25, 0.3) is 11.0 Å². The molecule has 1 aromatic carbocycles. The fourth-order valence-corrected chi connectivity index (χ4v) is 6.90. The lowest BCUT2D eigenvalue weighted by atomic mass is 9.70. The van der Waals surface area contributed by atoms with Crippen LogP contribution in [0.4, 0.5) is 0 Å². The van der Waals surface area contributed by atoms with Crippen molar-refractivity contribution in [3.8, 4) is 0 Å². The number of likely N-dealkylation sites (tertiary alicyclic amines) is 1. The number of carbonyl (C=O) groups excluding carboxylic acids is 3. The maximum absolute atomic E-state index is 14.5. The van der Waals surface area contributed by atoms with Crippen LogP contribution in [0.3, 0.4) is 0 Å². The van der Waals surface area contributed by atoms with Crippen LogP contribution in [0.2, 0.25) is 0 Å². The number of hydrogen-bond acceptors (Lipinski definition) is 8. The summed E-state index contributed by atoms with van der Waals surface area (Å²) >= 11 is 0. The van der Waals surface area contributed by atoms with E-state index in [-0.39, 0.29) is 38.2 Å². The number of amides is 2. The SMILES string of the molecule is C=CCCCCOC(=O)[C@@H]1[C@@H]2CCC3(O2)C(C(=O)N(CC=C)Cn2nnc4ccccc42)N(CCCCCO)C(=O)[C@H]13. The van der Waals surface area contributed by atoms with E-state index >= 15 is 0 Å². The van der Waals surface area contributed by atoms with E-state index in [0.29, 0.717) is 50.6 Å². The monoisotopic (exact) mass is 579 g/mol. The number of carbonyl (C=O) groups is 3. The number of ether oxygens (including phenoxy) is 2. The second-order valence-electron chi connectivity index (χ2n) is 11.4. The summed E-state index contributed by atoms with van der Waals surface area (Å²) in [5.74, 6) is -2.45. The average Bonchev–Trinajstić information content (AvgIpc) is 3.74. The standard InChI is InChI=1S/C31H41N5O6/c1-3-5-6-12-20-41-30(40)25-24-15-16-31(42-24)26(25)28(38)35(18-10-7-11-19-37)27(31)29(39)34(17-4-2)21-36-23-14-9-8-13-22(23)32-33-36/h3-4,8-9,13-14,24-27,37H,1-2,5-7,10-12,15-21H2/t24-,25+,26-,27?,31?/m0/s1. The highest BCUT2D eigenvalue weighted by atomic mass is 16.6. The van der Waals surface area contributed by atoms with Crippen LogP contribution >= 0.6 is 0 Å². The van der Waals surface area contributed by atoms with Crippen molar-refractivity contribution < 1.29 is 29.0 Å². The quantitative estimate of drug-likeness (QED) is 0.183. The van der Waals surface area contributed by atoms with Crippen LogP contribution in [-0.4, -0.2) is 91.7 Å². The van der Waals surface area contributed by atoms with Crippen molar-refractivity contribution in [2.45, 2.75) is 75.8 Å². The van der Waals surface area contributed by atoms with Gasteiger partial charge in [-0.15, -0.1) is 18.3 Å². The summed E-state index contributed by atoms with van der Waals surface area (Å²) in [6.45, 7) is 8.60. The Labute approximate surface area is 246 Å². The normalized spacial score (nSPS) is 26.0. The zero-order chi connectivity index (χ0) is 29.7. The molecule has 3 saturated heterocycles. The molecule has 1 aromatic heterocycles. The topological polar surface area (TPSA) is 127 Å². The third kappa shape index (κ3) is 5.47. The van der Waals surface area contributed by atoms with Gasteiger partial charge in [-0.2, -0.15) is 0 Å². The summed E-state index contributed by atoms with van der Waals surface area (Å²) in [5, 5.41) is 17.7. The van der Waals surface area contributed by atoms with Crippen LogP contribution in [0.15, 0.2) is 49.6 Å². The summed E-state index contributed by atoms with van der Waals surface area (Å²) in [7, 11) is 0. The Kier molecular flexibility index (Phi) is 9.37. The van der Waals surface area contributed by atoms with E-state index in [0.717, 1.165) is 18.4 Å². The number of fused-ring (bicyclic) bond motifs is 2. The molecule has 3 aliphatic rings. The lowest BCUT2D eigenvalue weighted by Gasteiger charge is -2.36. The highest BCUT2D eigenvalue weighted by Crippen LogP contribution is 2.58. The molecular formula is C31H41N5O6. The van der Waals surface area contributed by atoms with Gasteiger partial charge in [0.15, 0.2) is 0 Å². The number of para-hydroxylation sites is 1. The summed E-state index contributed by atoms with van der Waals surface area (Å²) < 4.78 is 13.8. The minimum Gasteiger partial charge on any atom is -0.465 e. The van der Waals surface area contributed by atoms with Crippen molar-refractivity contribution in [3.05, 3.63) is 49.6 Å². The molecule has 2 aromatic rings. The average molecular weight is 580 g/mol. The Balaban J connectivity index is 1.42. The van der Waals surface area contributed by atoms with Gasteiger partial charge >= 0.3 is 5.97 Å². The number of esters is 1. The van der Waals surface area contributed by atoms with E-state index < -0.39 is 35.6 Å². The first-order valence-corrected chi connectivity index (χ1v) is 15.0. The third-order valence-corrected chi connectivity index (χ3v) is 8.80. The summed E-state index contributed by atoms with van der Waals surface area (Å²) in [5.41, 5.74) is 0.395. The highest BCUT2D eigenvalue weighted by molar-refractivity contribution is 5.98. The molecule has 4 heterocycles. The number of aliphatic hydroxyl groups is 1. The van der Waals surface area contributed by atoms with Crippen LogP contribution in [0.5, 0.6) is 0 Å². The van der Waals surface area contributed by atoms with Gasteiger partial charge in [-0.1, -0.05) is 29.5 Å². The van der Waals surface area contributed by atoms with Crippen molar-refractivity contribution in [2.24, 2.45) is 11.8 Å². The number of aliphatic hydroxyl groups excluding tert-OH is 1. The molecule has 2 amide bonds. The summed E-state index contributed by atoms with van der Waals surface area (Å²) in [4.78, 5) is 45.2. The van der Waals surface area contributed by atoms with Crippen LogP contribution in [0.1, 0.15) is 51.4 Å². The molecule has 0 aliphatic carbocycles. The van der Waals surface area contributed by atoms with E-state index in [2.05, 4.69) is 23.5 Å². The molecule has 3 aliphatic heterocycles. The first kappa shape index (κ1) is 29.9. The van der Waals surface area contributed by atoms with Crippen LogP contribution in [-0.2, 0) is 30.5 Å². The Bertz CT molecular complexity index is 1310. The van der Waals surface area contributed by atoms with Gasteiger partial charge in [0, 0.05) is 19.7 Å². The molecule has 11 heteroatoms. The second-order valence-corrected chi connectivity index (χ2v) is 11.4. The van der Waals surface area contributed by atoms with E-state index in [1.165, 1.54) is 0 Å². The van der Waals surface area contributed by atoms with Crippen molar-refractivity contribution in [1.82, 2.24) is 24.8 Å². The molecule has 42 heavy (non-hydrogen) atoms. The second kappa shape index (κ2) is 13.2. The van der Waals surface area contributed by atoms with E-state index in [1.54, 1.807) is 20.6 Å². The van der Waals surface area contributed by atoms with E-state index in [4.69, 9.17) is 9.47 Å². The molecule has 2 unspecified atom stereocenters. The zero-order valence-electron chi connectivity index (χ0n) is 24.1. The van der Waals surface area contributed by atoms with Gasteiger partial charge in [0.2, 0.25) is 11.8 Å². The van der Waals surface area contributed by atoms with Crippen molar-refractivity contribution in [3.63, 3.8) is 0 Å². The van der Waals surface area contributed by atoms with E-state index in [1.807, 2.05) is 30.3 Å². The number of allylic oxidation sites excluding steroid dienone is 1. The molecule has 11 nitrogen and oxygen atoms in total. The Morgan fingerprint density at radius 3 is 2.79 bits per heavy atom. The Hall–Kier alpha value is -3.57. The van der Waals surface area contributed by atoms with Gasteiger partial charge in [0.05, 0.1) is 30.1 Å².